The Morgan fingerprint density at radius 3 is 2.39 bits per heavy atom. The van der Waals surface area contributed by atoms with E-state index in [1.807, 2.05) is 6.92 Å². The lowest BCUT2D eigenvalue weighted by atomic mass is 10.1. The first-order valence-corrected chi connectivity index (χ1v) is 9.22. The Balaban J connectivity index is 2.04. The van der Waals surface area contributed by atoms with Crippen LogP contribution >= 0.6 is 0 Å². The third kappa shape index (κ3) is 4.22. The molecular weight excluding hydrogens is 318 g/mol. The van der Waals surface area contributed by atoms with E-state index in [4.69, 9.17) is 0 Å². The van der Waals surface area contributed by atoms with E-state index >= 15 is 0 Å². The third-order valence-electron chi connectivity index (χ3n) is 3.63. The average molecular weight is 339 g/mol. The smallest absolute Gasteiger partial charge is 0.325 e. The van der Waals surface area contributed by atoms with Crippen LogP contribution in [0.3, 0.4) is 0 Å². The largest absolute Gasteiger partial charge is 0.326 e. The summed E-state index contributed by atoms with van der Waals surface area (Å²) < 4.78 is 25.4. The molecule has 0 radical (unpaired) electrons. The Labute approximate surface area is 136 Å². The van der Waals surface area contributed by atoms with Crippen LogP contribution < -0.4 is 10.0 Å². The highest BCUT2D eigenvalue weighted by molar-refractivity contribution is 7.92. The van der Waals surface area contributed by atoms with E-state index in [2.05, 4.69) is 10.0 Å². The van der Waals surface area contributed by atoms with Gasteiger partial charge in [-0.05, 0) is 31.0 Å². The minimum atomic E-state index is -3.32. The van der Waals surface area contributed by atoms with E-state index in [1.165, 1.54) is 4.90 Å². The summed E-state index contributed by atoms with van der Waals surface area (Å²) in [5.74, 6) is -0.219. The molecule has 1 atom stereocenters. The van der Waals surface area contributed by atoms with Gasteiger partial charge in [0.05, 0.1) is 12.3 Å². The first-order chi connectivity index (χ1) is 10.9. The van der Waals surface area contributed by atoms with Crippen LogP contribution in [0.4, 0.5) is 10.5 Å². The summed E-state index contributed by atoms with van der Waals surface area (Å²) in [6.45, 7) is 3.69. The van der Waals surface area contributed by atoms with Crippen molar-refractivity contribution < 1.29 is 18.0 Å². The van der Waals surface area contributed by atoms with E-state index in [1.54, 1.807) is 31.2 Å². The van der Waals surface area contributed by atoms with Gasteiger partial charge in [-0.3, -0.25) is 14.4 Å². The normalized spacial score (nSPS) is 18.2. The lowest BCUT2D eigenvalue weighted by molar-refractivity contribution is -0.128. The molecule has 1 aromatic rings. The van der Waals surface area contributed by atoms with Gasteiger partial charge < -0.3 is 5.32 Å². The lowest BCUT2D eigenvalue weighted by Crippen LogP contribution is -2.30. The number of benzene rings is 1. The highest BCUT2D eigenvalue weighted by atomic mass is 32.2. The predicted molar refractivity (Wildman–Crippen MR) is 87.3 cm³/mol. The number of imide groups is 1. The fraction of sp³-hybridized carbons (Fsp3) is 0.467. The summed E-state index contributed by atoms with van der Waals surface area (Å²) in [7, 11) is -3.32. The quantitative estimate of drug-likeness (QED) is 0.739. The van der Waals surface area contributed by atoms with E-state index in [0.29, 0.717) is 12.1 Å². The summed E-state index contributed by atoms with van der Waals surface area (Å²) in [4.78, 5) is 25.2. The summed E-state index contributed by atoms with van der Waals surface area (Å²) in [6.07, 6.45) is 1.44. The van der Waals surface area contributed by atoms with Gasteiger partial charge in [-0.1, -0.05) is 25.5 Å². The van der Waals surface area contributed by atoms with E-state index < -0.39 is 16.1 Å². The fourth-order valence-electron chi connectivity index (χ4n) is 2.32. The Morgan fingerprint density at radius 1 is 1.17 bits per heavy atom. The lowest BCUT2D eigenvalue weighted by Gasteiger charge is -2.13. The van der Waals surface area contributed by atoms with Crippen LogP contribution in [0.15, 0.2) is 24.3 Å². The summed E-state index contributed by atoms with van der Waals surface area (Å²) >= 11 is 0. The van der Waals surface area contributed by atoms with E-state index in [0.717, 1.165) is 12.0 Å². The maximum absolute atomic E-state index is 12.2. The SMILES string of the molecule is CCC[C@@H]1NC(=O)N(Cc2ccc(NS(=O)(=O)CC)cc2)C1=O. The van der Waals surface area contributed by atoms with Crippen LogP contribution in [0.2, 0.25) is 0 Å². The number of nitrogens with zero attached hydrogens (tertiary/aromatic N) is 1. The molecule has 126 valence electrons. The molecular formula is C15H21N3O4S. The summed E-state index contributed by atoms with van der Waals surface area (Å²) in [5.41, 5.74) is 1.21. The first kappa shape index (κ1) is 17.3. The molecule has 1 aliphatic heterocycles. The first-order valence-electron chi connectivity index (χ1n) is 7.57. The van der Waals surface area contributed by atoms with Crippen molar-refractivity contribution in [2.45, 2.75) is 39.3 Å². The highest BCUT2D eigenvalue weighted by Crippen LogP contribution is 2.17. The fourth-order valence-corrected chi connectivity index (χ4v) is 2.96. The second-order valence-electron chi connectivity index (χ2n) is 5.42. The maximum atomic E-state index is 12.2. The molecule has 0 bridgehead atoms. The topological polar surface area (TPSA) is 95.6 Å². The molecule has 23 heavy (non-hydrogen) atoms. The molecule has 7 nitrogen and oxygen atoms in total. The molecule has 0 aliphatic carbocycles. The van der Waals surface area contributed by atoms with Crippen LogP contribution in [0.5, 0.6) is 0 Å². The Kier molecular flexibility index (Phi) is 5.25. The van der Waals surface area contributed by atoms with Gasteiger partial charge in [-0.25, -0.2) is 13.2 Å². The molecule has 1 fully saturated rings. The van der Waals surface area contributed by atoms with Crippen molar-refractivity contribution in [2.75, 3.05) is 10.5 Å². The summed E-state index contributed by atoms with van der Waals surface area (Å²) in [5, 5.41) is 2.67. The molecule has 2 rings (SSSR count). The number of hydrogen-bond donors (Lipinski definition) is 2. The Bertz CT molecular complexity index is 685. The van der Waals surface area contributed by atoms with Crippen LogP contribution in [0.25, 0.3) is 0 Å². The van der Waals surface area contributed by atoms with Crippen LogP contribution in [0.1, 0.15) is 32.3 Å². The Hall–Kier alpha value is -2.09. The standard InChI is InChI=1S/C15H21N3O4S/c1-3-5-13-14(19)18(15(20)16-13)10-11-6-8-12(9-7-11)17-23(21,22)4-2/h6-9,13,17H,3-5,10H2,1-2H3,(H,16,20)/t13-/m0/s1. The maximum Gasteiger partial charge on any atom is 0.325 e. The molecule has 2 N–H and O–H groups in total. The molecule has 0 unspecified atom stereocenters. The zero-order chi connectivity index (χ0) is 17.0. The molecule has 1 heterocycles. The number of amides is 3. The minimum absolute atomic E-state index is 0.00395. The highest BCUT2D eigenvalue weighted by Gasteiger charge is 2.36. The number of rotatable bonds is 7. The predicted octanol–water partition coefficient (Wildman–Crippen LogP) is 1.67. The molecule has 1 aliphatic rings. The number of sulfonamides is 1. The van der Waals surface area contributed by atoms with Crippen LogP contribution in [0, 0.1) is 0 Å². The Morgan fingerprint density at radius 2 is 1.83 bits per heavy atom. The molecule has 0 spiro atoms. The van der Waals surface area contributed by atoms with Gasteiger partial charge in [-0.2, -0.15) is 0 Å². The molecule has 3 amide bonds. The van der Waals surface area contributed by atoms with Crippen LogP contribution in [-0.2, 0) is 21.4 Å². The van der Waals surface area contributed by atoms with Gasteiger partial charge >= 0.3 is 6.03 Å². The van der Waals surface area contributed by atoms with Gasteiger partial charge in [0.1, 0.15) is 6.04 Å². The number of carbonyl (C=O) groups excluding carboxylic acids is 2. The number of carbonyl (C=O) groups is 2. The van der Waals surface area contributed by atoms with Crippen LogP contribution in [-0.4, -0.2) is 37.1 Å². The van der Waals surface area contributed by atoms with E-state index in [9.17, 15) is 18.0 Å². The third-order valence-corrected chi connectivity index (χ3v) is 4.94. The van der Waals surface area contributed by atoms with Gasteiger partial charge in [0.25, 0.3) is 5.91 Å². The van der Waals surface area contributed by atoms with Crippen molar-refractivity contribution in [1.82, 2.24) is 10.2 Å². The molecule has 1 saturated heterocycles. The van der Waals surface area contributed by atoms with Gasteiger partial charge in [0.2, 0.25) is 10.0 Å². The van der Waals surface area contributed by atoms with Gasteiger partial charge in [0, 0.05) is 5.69 Å². The van der Waals surface area contributed by atoms with Gasteiger partial charge in [0.15, 0.2) is 0 Å². The summed E-state index contributed by atoms with van der Waals surface area (Å²) in [6, 6.07) is 5.80. The monoisotopic (exact) mass is 339 g/mol. The minimum Gasteiger partial charge on any atom is -0.326 e. The molecule has 0 saturated carbocycles. The molecule has 0 aromatic heterocycles. The number of hydrogen-bond acceptors (Lipinski definition) is 4. The average Bonchev–Trinajstić information content (AvgIpc) is 2.77. The number of nitrogens with one attached hydrogen (secondary N) is 2. The zero-order valence-corrected chi connectivity index (χ0v) is 14.0. The zero-order valence-electron chi connectivity index (χ0n) is 13.2. The second kappa shape index (κ2) is 6.99. The van der Waals surface area contributed by atoms with Crippen molar-refractivity contribution in [3.63, 3.8) is 0 Å². The van der Waals surface area contributed by atoms with Crippen molar-refractivity contribution in [2.24, 2.45) is 0 Å². The molecule has 1 aromatic carbocycles. The van der Waals surface area contributed by atoms with Crippen molar-refractivity contribution in [3.8, 4) is 0 Å². The van der Waals surface area contributed by atoms with Crippen molar-refractivity contribution in [3.05, 3.63) is 29.8 Å². The number of urea groups is 1. The second-order valence-corrected chi connectivity index (χ2v) is 7.43. The van der Waals surface area contributed by atoms with E-state index in [-0.39, 0.29) is 24.2 Å². The van der Waals surface area contributed by atoms with Crippen molar-refractivity contribution >= 4 is 27.6 Å². The van der Waals surface area contributed by atoms with Gasteiger partial charge in [-0.15, -0.1) is 0 Å². The molecule has 8 heteroatoms. The number of anilines is 1. The van der Waals surface area contributed by atoms with Crippen molar-refractivity contribution in [1.29, 1.82) is 0 Å².